The summed E-state index contributed by atoms with van der Waals surface area (Å²) in [6, 6.07) is 0.970. The highest BCUT2D eigenvalue weighted by Gasteiger charge is 2.44. The van der Waals surface area contributed by atoms with Crippen LogP contribution in [0.2, 0.25) is 0 Å². The molecule has 1 aliphatic heterocycles. The highest BCUT2D eigenvalue weighted by molar-refractivity contribution is 4.98. The van der Waals surface area contributed by atoms with Crippen molar-refractivity contribution in [3.8, 4) is 0 Å². The van der Waals surface area contributed by atoms with E-state index in [2.05, 4.69) is 10.2 Å². The molecule has 1 saturated heterocycles. The molecule has 2 atom stereocenters. The third kappa shape index (κ3) is 0.700. The first kappa shape index (κ1) is 5.69. The van der Waals surface area contributed by atoms with Crippen molar-refractivity contribution in [2.45, 2.75) is 18.9 Å². The summed E-state index contributed by atoms with van der Waals surface area (Å²) < 4.78 is 0. The molecule has 2 aliphatic rings. The van der Waals surface area contributed by atoms with Crippen molar-refractivity contribution in [1.82, 2.24) is 10.2 Å². The van der Waals surface area contributed by atoms with Crippen molar-refractivity contribution < 1.29 is 0 Å². The average molecular weight is 126 g/mol. The van der Waals surface area contributed by atoms with Gasteiger partial charge in [-0.1, -0.05) is 0 Å². The Kier molecular flexibility index (Phi) is 1.24. The number of nitrogens with one attached hydrogen (secondary N) is 1. The summed E-state index contributed by atoms with van der Waals surface area (Å²) in [5.74, 6) is 1.08. The summed E-state index contributed by atoms with van der Waals surface area (Å²) in [5.41, 5.74) is 0. The van der Waals surface area contributed by atoms with E-state index in [1.807, 2.05) is 7.05 Å². The van der Waals surface area contributed by atoms with Crippen LogP contribution in [-0.4, -0.2) is 31.2 Å². The van der Waals surface area contributed by atoms with Crippen LogP contribution in [-0.2, 0) is 0 Å². The van der Waals surface area contributed by atoms with Gasteiger partial charge in [0.05, 0.1) is 0 Å². The molecule has 1 heterocycles. The number of nitrogens with zero attached hydrogens (tertiary/aromatic N) is 1. The molecule has 1 aliphatic carbocycles. The van der Waals surface area contributed by atoms with Crippen molar-refractivity contribution in [2.24, 2.45) is 5.92 Å². The molecule has 0 amide bonds. The molecule has 0 aromatic carbocycles. The zero-order valence-corrected chi connectivity index (χ0v) is 5.93. The smallest absolute Gasteiger partial charge is 0.0480 e. The molecule has 1 saturated carbocycles. The van der Waals surface area contributed by atoms with Crippen molar-refractivity contribution in [3.05, 3.63) is 0 Å². The lowest BCUT2D eigenvalue weighted by Gasteiger charge is -2.55. The summed E-state index contributed by atoms with van der Waals surface area (Å²) in [6.07, 6.45) is 2.94. The lowest BCUT2D eigenvalue weighted by molar-refractivity contribution is -0.0617. The lowest BCUT2D eigenvalue weighted by atomic mass is 9.71. The standard InChI is InChI=1S/C7H14N2/c1-8-5-9-4-6-2-3-7(6)9/h6-8H,2-5H2,1H3. The topological polar surface area (TPSA) is 15.3 Å². The third-order valence-corrected chi connectivity index (χ3v) is 2.68. The minimum atomic E-state index is 0.970. The fourth-order valence-electron chi connectivity index (χ4n) is 1.93. The van der Waals surface area contributed by atoms with Gasteiger partial charge in [0.15, 0.2) is 0 Å². The van der Waals surface area contributed by atoms with Gasteiger partial charge in [-0.25, -0.2) is 0 Å². The van der Waals surface area contributed by atoms with Gasteiger partial charge in [0, 0.05) is 19.3 Å². The van der Waals surface area contributed by atoms with Crippen LogP contribution in [0.5, 0.6) is 0 Å². The molecule has 0 aromatic rings. The first-order valence-corrected chi connectivity index (χ1v) is 3.80. The van der Waals surface area contributed by atoms with Gasteiger partial charge in [-0.2, -0.15) is 0 Å². The van der Waals surface area contributed by atoms with Crippen molar-refractivity contribution >= 4 is 0 Å². The Morgan fingerprint density at radius 1 is 1.56 bits per heavy atom. The molecule has 9 heavy (non-hydrogen) atoms. The van der Waals surface area contributed by atoms with Crippen LogP contribution in [0.3, 0.4) is 0 Å². The van der Waals surface area contributed by atoms with E-state index in [0.717, 1.165) is 18.6 Å². The zero-order valence-electron chi connectivity index (χ0n) is 5.93. The zero-order chi connectivity index (χ0) is 6.27. The van der Waals surface area contributed by atoms with E-state index in [0.29, 0.717) is 0 Å². The number of piperidine rings is 1. The molecule has 2 unspecified atom stereocenters. The second-order valence-electron chi connectivity index (χ2n) is 3.19. The number of fused-ring (bicyclic) bond motifs is 1. The summed E-state index contributed by atoms with van der Waals surface area (Å²) in [6.45, 7) is 2.45. The molecular formula is C7H14N2. The summed E-state index contributed by atoms with van der Waals surface area (Å²) in [7, 11) is 2.02. The monoisotopic (exact) mass is 126 g/mol. The van der Waals surface area contributed by atoms with E-state index in [9.17, 15) is 0 Å². The maximum atomic E-state index is 3.18. The lowest BCUT2D eigenvalue weighted by Crippen LogP contribution is -2.63. The molecule has 0 spiro atoms. The second kappa shape index (κ2) is 1.96. The molecule has 0 radical (unpaired) electrons. The number of hydrogen-bond donors (Lipinski definition) is 1. The van der Waals surface area contributed by atoms with Crippen LogP contribution in [0, 0.1) is 5.92 Å². The first-order chi connectivity index (χ1) is 4.42. The van der Waals surface area contributed by atoms with Crippen LogP contribution < -0.4 is 5.32 Å². The molecule has 52 valence electrons. The Morgan fingerprint density at radius 2 is 2.44 bits per heavy atom. The van der Waals surface area contributed by atoms with Crippen molar-refractivity contribution in [1.29, 1.82) is 0 Å². The van der Waals surface area contributed by atoms with Crippen LogP contribution >= 0.6 is 0 Å². The normalized spacial score (nSPS) is 41.0. The van der Waals surface area contributed by atoms with Crippen LogP contribution in [0.1, 0.15) is 12.8 Å². The summed E-state index contributed by atoms with van der Waals surface area (Å²) in [5, 5.41) is 3.18. The van der Waals surface area contributed by atoms with Crippen molar-refractivity contribution in [3.63, 3.8) is 0 Å². The van der Waals surface area contributed by atoms with E-state index >= 15 is 0 Å². The van der Waals surface area contributed by atoms with E-state index in [4.69, 9.17) is 0 Å². The molecule has 1 N–H and O–H groups in total. The van der Waals surface area contributed by atoms with E-state index in [1.165, 1.54) is 19.4 Å². The Morgan fingerprint density at radius 3 is 2.78 bits per heavy atom. The maximum Gasteiger partial charge on any atom is 0.0480 e. The Hall–Kier alpha value is -0.0800. The third-order valence-electron chi connectivity index (χ3n) is 2.68. The predicted octanol–water partition coefficient (Wildman–Crippen LogP) is 0.257. The minimum Gasteiger partial charge on any atom is -0.307 e. The highest BCUT2D eigenvalue weighted by Crippen LogP contribution is 2.40. The quantitative estimate of drug-likeness (QED) is 0.571. The van der Waals surface area contributed by atoms with Gasteiger partial charge in [-0.15, -0.1) is 0 Å². The molecular weight excluding hydrogens is 112 g/mol. The first-order valence-electron chi connectivity index (χ1n) is 3.80. The average Bonchev–Trinajstić information content (AvgIpc) is 1.82. The summed E-state index contributed by atoms with van der Waals surface area (Å²) in [4.78, 5) is 2.52. The Balaban J connectivity index is 1.77. The predicted molar refractivity (Wildman–Crippen MR) is 37.1 cm³/mol. The minimum absolute atomic E-state index is 0.970. The number of hydrogen-bond acceptors (Lipinski definition) is 2. The van der Waals surface area contributed by atoms with E-state index in [-0.39, 0.29) is 0 Å². The van der Waals surface area contributed by atoms with E-state index in [1.54, 1.807) is 0 Å². The molecule has 0 aromatic heterocycles. The maximum absolute atomic E-state index is 3.18. The fraction of sp³-hybridized carbons (Fsp3) is 1.00. The molecule has 0 bridgehead atoms. The number of likely N-dealkylation sites (tertiary alicyclic amines) is 1. The van der Waals surface area contributed by atoms with Gasteiger partial charge in [-0.3, -0.25) is 4.90 Å². The summed E-state index contributed by atoms with van der Waals surface area (Å²) >= 11 is 0. The van der Waals surface area contributed by atoms with Gasteiger partial charge in [-0.05, 0) is 25.8 Å². The fourth-order valence-corrected chi connectivity index (χ4v) is 1.93. The van der Waals surface area contributed by atoms with Crippen LogP contribution in [0.15, 0.2) is 0 Å². The van der Waals surface area contributed by atoms with Crippen molar-refractivity contribution in [2.75, 3.05) is 20.3 Å². The van der Waals surface area contributed by atoms with Gasteiger partial charge in [0.2, 0.25) is 0 Å². The largest absolute Gasteiger partial charge is 0.307 e. The Labute approximate surface area is 56.2 Å². The highest BCUT2D eigenvalue weighted by atomic mass is 15.3. The number of rotatable bonds is 2. The molecule has 2 nitrogen and oxygen atoms in total. The van der Waals surface area contributed by atoms with Gasteiger partial charge in [0.25, 0.3) is 0 Å². The van der Waals surface area contributed by atoms with Gasteiger partial charge < -0.3 is 5.32 Å². The Bertz CT molecular complexity index is 111. The molecule has 2 rings (SSSR count). The van der Waals surface area contributed by atoms with Gasteiger partial charge in [0.1, 0.15) is 0 Å². The van der Waals surface area contributed by atoms with E-state index < -0.39 is 0 Å². The molecule has 2 heteroatoms. The molecule has 2 fully saturated rings. The SMILES string of the molecule is CNCN1CC2CCC21. The van der Waals surface area contributed by atoms with Crippen LogP contribution in [0.25, 0.3) is 0 Å². The van der Waals surface area contributed by atoms with Gasteiger partial charge >= 0.3 is 0 Å². The second-order valence-corrected chi connectivity index (χ2v) is 3.19. The van der Waals surface area contributed by atoms with Crippen LogP contribution in [0.4, 0.5) is 0 Å².